The predicted octanol–water partition coefficient (Wildman–Crippen LogP) is -0.127. The molecule has 0 radical (unpaired) electrons. The van der Waals surface area contributed by atoms with Crippen LogP contribution in [-0.2, 0) is 33.4 Å². The highest BCUT2D eigenvalue weighted by atomic mass is 35.5. The molecule has 218 valence electrons. The number of ketones is 1. The van der Waals surface area contributed by atoms with Gasteiger partial charge in [-0.1, -0.05) is 24.3 Å². The van der Waals surface area contributed by atoms with E-state index < -0.39 is 72.1 Å². The summed E-state index contributed by atoms with van der Waals surface area (Å²) in [5, 5.41) is 12.4. The largest absolute Gasteiger partial charge is 0.445 e. The van der Waals surface area contributed by atoms with Crippen LogP contribution in [0.3, 0.4) is 0 Å². The zero-order valence-corrected chi connectivity index (χ0v) is 23.3. The van der Waals surface area contributed by atoms with Crippen molar-refractivity contribution >= 4 is 59.8 Å². The van der Waals surface area contributed by atoms with Gasteiger partial charge in [-0.05, 0) is 6.92 Å². The molecule has 1 aromatic rings. The second kappa shape index (κ2) is 13.6. The van der Waals surface area contributed by atoms with Crippen molar-refractivity contribution < 1.29 is 48.1 Å². The number of β-lactam (4-membered cyclic amide) rings is 1. The third-order valence-corrected chi connectivity index (χ3v) is 7.05. The number of hydrogen-bond acceptors (Lipinski definition) is 12. The number of carbonyl (C=O) groups is 6. The van der Waals surface area contributed by atoms with E-state index in [4.69, 9.17) is 25.7 Å². The van der Waals surface area contributed by atoms with Crippen LogP contribution >= 0.6 is 24.2 Å². The number of hydrogen-bond donors (Lipinski definition) is 4. The fourth-order valence-corrected chi connectivity index (χ4v) is 5.31. The molecule has 2 heterocycles. The Kier molecular flexibility index (Phi) is 11.1. The molecule has 1 fully saturated rings. The molecule has 3 unspecified atom stereocenters. The van der Waals surface area contributed by atoms with E-state index in [1.54, 1.807) is 6.07 Å². The van der Waals surface area contributed by atoms with Gasteiger partial charge in [0.05, 0.1) is 6.04 Å². The molecule has 2 aliphatic heterocycles. The molecule has 16 heteroatoms. The van der Waals surface area contributed by atoms with Crippen molar-refractivity contribution in [2.24, 2.45) is 11.5 Å². The number of aliphatic hydroxyl groups is 1. The van der Waals surface area contributed by atoms with Crippen LogP contribution in [0.4, 0.5) is 4.79 Å². The molecular weight excluding hydrogens is 572 g/mol. The van der Waals surface area contributed by atoms with Gasteiger partial charge in [0.15, 0.2) is 11.9 Å². The highest BCUT2D eigenvalue weighted by Crippen LogP contribution is 2.41. The number of nitrogens with two attached hydrogens (primary N) is 2. The van der Waals surface area contributed by atoms with E-state index in [0.29, 0.717) is 0 Å². The van der Waals surface area contributed by atoms with Gasteiger partial charge < -0.3 is 36.1 Å². The third-order valence-electron chi connectivity index (χ3n) is 5.71. The van der Waals surface area contributed by atoms with Gasteiger partial charge in [0.25, 0.3) is 11.8 Å². The number of nitrogens with zero attached hydrogens (tertiary/aromatic N) is 1. The van der Waals surface area contributed by atoms with E-state index in [9.17, 15) is 33.9 Å². The van der Waals surface area contributed by atoms with Crippen LogP contribution in [0.2, 0.25) is 0 Å². The Morgan fingerprint density at radius 2 is 1.82 bits per heavy atom. The first-order valence-corrected chi connectivity index (χ1v) is 12.7. The van der Waals surface area contributed by atoms with Gasteiger partial charge in [-0.25, -0.2) is 9.59 Å². The molecule has 1 saturated heterocycles. The zero-order valence-electron chi connectivity index (χ0n) is 21.7. The SMILES string of the molecule is CC(=O)OC(C)OC(=O)C1=C(COC(N)=O)CS[C@H]2C(NC(=O)C(O)c3ccccc3C(=O)[C@H](C)N)C(=O)N12.Cl. The lowest BCUT2D eigenvalue weighted by molar-refractivity contribution is -0.182. The molecule has 6 N–H and O–H groups in total. The van der Waals surface area contributed by atoms with Crippen molar-refractivity contribution in [3.63, 3.8) is 0 Å². The number of rotatable bonds is 10. The van der Waals surface area contributed by atoms with E-state index in [1.165, 1.54) is 32.0 Å². The number of thioether (sulfide) groups is 1. The van der Waals surface area contributed by atoms with Crippen LogP contribution in [0.15, 0.2) is 35.5 Å². The summed E-state index contributed by atoms with van der Waals surface area (Å²) in [6.07, 6.45) is -4.18. The molecule has 0 saturated carbocycles. The summed E-state index contributed by atoms with van der Waals surface area (Å²) in [5.74, 6) is -3.78. The Balaban J connectivity index is 0.00000560. The Morgan fingerprint density at radius 1 is 1.18 bits per heavy atom. The summed E-state index contributed by atoms with van der Waals surface area (Å²) in [5.41, 5.74) is 10.7. The lowest BCUT2D eigenvalue weighted by Gasteiger charge is -2.49. The fraction of sp³-hybridized carbons (Fsp3) is 0.417. The first-order valence-electron chi connectivity index (χ1n) is 11.7. The number of carbonyl (C=O) groups excluding carboxylic acids is 6. The number of fused-ring (bicyclic) bond motifs is 1. The molecule has 3 amide bonds. The van der Waals surface area contributed by atoms with Gasteiger partial charge in [0.2, 0.25) is 6.29 Å². The van der Waals surface area contributed by atoms with Gasteiger partial charge in [-0.2, -0.15) is 0 Å². The van der Waals surface area contributed by atoms with Crippen LogP contribution in [-0.4, -0.2) is 81.7 Å². The first kappa shape index (κ1) is 32.6. The number of aliphatic hydroxyl groups excluding tert-OH is 1. The Hall–Kier alpha value is -3.66. The van der Waals surface area contributed by atoms with Crippen LogP contribution < -0.4 is 16.8 Å². The molecule has 0 bridgehead atoms. The third kappa shape index (κ3) is 7.10. The maximum Gasteiger partial charge on any atom is 0.404 e. The average molecular weight is 601 g/mol. The van der Waals surface area contributed by atoms with E-state index in [2.05, 4.69) is 5.32 Å². The smallest absolute Gasteiger partial charge is 0.404 e. The van der Waals surface area contributed by atoms with E-state index >= 15 is 0 Å². The number of Topliss-reactive ketones (excluding diaryl/α,β-unsaturated/α-hetero) is 1. The molecular formula is C24H29ClN4O10S. The summed E-state index contributed by atoms with van der Waals surface area (Å²) in [6.45, 7) is 3.48. The molecule has 40 heavy (non-hydrogen) atoms. The Bertz CT molecular complexity index is 1240. The predicted molar refractivity (Wildman–Crippen MR) is 142 cm³/mol. The molecule has 3 rings (SSSR count). The normalized spacial score (nSPS) is 20.0. The first-order chi connectivity index (χ1) is 18.3. The number of amides is 3. The number of halogens is 1. The highest BCUT2D eigenvalue weighted by Gasteiger charge is 2.55. The second-order valence-electron chi connectivity index (χ2n) is 8.68. The quantitative estimate of drug-likeness (QED) is 0.119. The number of ether oxygens (including phenoxy) is 3. The van der Waals surface area contributed by atoms with Crippen molar-refractivity contribution in [3.05, 3.63) is 46.7 Å². The molecule has 14 nitrogen and oxygen atoms in total. The second-order valence-corrected chi connectivity index (χ2v) is 9.79. The average Bonchev–Trinajstić information content (AvgIpc) is 2.88. The van der Waals surface area contributed by atoms with Gasteiger partial charge in [0.1, 0.15) is 23.7 Å². The fourth-order valence-electron chi connectivity index (χ4n) is 3.98. The molecule has 5 atom stereocenters. The Morgan fingerprint density at radius 3 is 2.42 bits per heavy atom. The van der Waals surface area contributed by atoms with Crippen molar-refractivity contribution in [1.29, 1.82) is 0 Å². The summed E-state index contributed by atoms with van der Waals surface area (Å²) >= 11 is 1.15. The van der Waals surface area contributed by atoms with E-state index in [0.717, 1.165) is 23.6 Å². The van der Waals surface area contributed by atoms with Crippen LogP contribution in [0.1, 0.15) is 42.8 Å². The van der Waals surface area contributed by atoms with E-state index in [-0.39, 0.29) is 40.6 Å². The monoisotopic (exact) mass is 600 g/mol. The van der Waals surface area contributed by atoms with Crippen LogP contribution in [0, 0.1) is 0 Å². The summed E-state index contributed by atoms with van der Waals surface area (Å²) in [7, 11) is 0. The minimum absolute atomic E-state index is 0. The standard InChI is InChI=1S/C24H28N4O10S.ClH/c1-10(25)18(30)14-6-4-5-7-15(14)19(31)20(32)27-16-21(33)28-17(23(34)38-12(3)37-11(2)29)13(8-36-24(26)35)9-39-22(16)28;/h4-7,10,12,16,19,22,31H,8-9,25H2,1-3H3,(H2,26,35)(H,27,32);1H/t10-,12?,16?,19?,22-;/m0./s1. The van der Waals surface area contributed by atoms with Crippen LogP contribution in [0.5, 0.6) is 0 Å². The number of primary amides is 1. The van der Waals surface area contributed by atoms with Crippen LogP contribution in [0.25, 0.3) is 0 Å². The number of esters is 2. The van der Waals surface area contributed by atoms with Crippen molar-refractivity contribution in [2.45, 2.75) is 50.6 Å². The van der Waals surface area contributed by atoms with Gasteiger partial charge in [-0.15, -0.1) is 24.2 Å². The lowest BCUT2D eigenvalue weighted by atomic mass is 9.95. The Labute approximate surface area is 239 Å². The minimum atomic E-state index is -1.79. The van der Waals surface area contributed by atoms with Crippen molar-refractivity contribution in [1.82, 2.24) is 10.2 Å². The molecule has 0 aromatic heterocycles. The summed E-state index contributed by atoms with van der Waals surface area (Å²) in [4.78, 5) is 74.7. The summed E-state index contributed by atoms with van der Waals surface area (Å²) in [6, 6.07) is 3.91. The number of benzene rings is 1. The number of nitrogens with one attached hydrogen (secondary N) is 1. The van der Waals surface area contributed by atoms with Gasteiger partial charge >= 0.3 is 18.0 Å². The molecule has 1 aromatic carbocycles. The molecule has 2 aliphatic rings. The van der Waals surface area contributed by atoms with Crippen molar-refractivity contribution in [3.8, 4) is 0 Å². The molecule has 0 spiro atoms. The molecule has 0 aliphatic carbocycles. The zero-order chi connectivity index (χ0) is 29.0. The summed E-state index contributed by atoms with van der Waals surface area (Å²) < 4.78 is 14.7. The minimum Gasteiger partial charge on any atom is -0.445 e. The van der Waals surface area contributed by atoms with Gasteiger partial charge in [-0.3, -0.25) is 24.1 Å². The van der Waals surface area contributed by atoms with Crippen molar-refractivity contribution in [2.75, 3.05) is 12.4 Å². The lowest BCUT2D eigenvalue weighted by Crippen LogP contribution is -2.71. The maximum atomic E-state index is 13.1. The maximum absolute atomic E-state index is 13.1. The highest BCUT2D eigenvalue weighted by molar-refractivity contribution is 8.00. The van der Waals surface area contributed by atoms with Gasteiger partial charge in [0, 0.05) is 36.3 Å². The topological polar surface area (TPSA) is 218 Å². The van der Waals surface area contributed by atoms with E-state index in [1.807, 2.05) is 0 Å².